The monoisotopic (exact) mass is 181 g/mol. The maximum absolute atomic E-state index is 9.16. The Morgan fingerprint density at radius 1 is 1.31 bits per heavy atom. The number of rotatable bonds is 4. The molecule has 1 aromatic carbocycles. The highest BCUT2D eigenvalue weighted by atomic mass is 16.3. The quantitative estimate of drug-likeness (QED) is 0.493. The minimum absolute atomic E-state index is 0.266. The Kier molecular flexibility index (Phi) is 3.54. The first-order valence-electron chi connectivity index (χ1n) is 4.20. The van der Waals surface area contributed by atoms with Gasteiger partial charge < -0.3 is 21.9 Å². The minimum atomic E-state index is -0.502. The van der Waals surface area contributed by atoms with Gasteiger partial charge >= 0.3 is 0 Å². The lowest BCUT2D eigenvalue weighted by Crippen LogP contribution is -2.27. The Bertz CT molecular complexity index is 248. The largest absolute Gasteiger partial charge is 0.399 e. The van der Waals surface area contributed by atoms with Crippen molar-refractivity contribution < 1.29 is 5.11 Å². The molecule has 0 radical (unpaired) electrons. The Morgan fingerprint density at radius 3 is 2.46 bits per heavy atom. The van der Waals surface area contributed by atoms with Gasteiger partial charge in [0.1, 0.15) is 0 Å². The summed E-state index contributed by atoms with van der Waals surface area (Å²) in [5, 5.41) is 12.2. The summed E-state index contributed by atoms with van der Waals surface area (Å²) in [6.07, 6.45) is -0.502. The van der Waals surface area contributed by atoms with Gasteiger partial charge in [-0.3, -0.25) is 0 Å². The van der Waals surface area contributed by atoms with Gasteiger partial charge in [-0.2, -0.15) is 0 Å². The molecule has 0 saturated carbocycles. The van der Waals surface area contributed by atoms with Crippen molar-refractivity contribution in [1.82, 2.24) is 0 Å². The molecule has 0 spiro atoms. The number of nitrogens with one attached hydrogen (secondary N) is 1. The number of anilines is 2. The maximum atomic E-state index is 9.16. The zero-order chi connectivity index (χ0) is 9.68. The zero-order valence-electron chi connectivity index (χ0n) is 7.40. The number of benzene rings is 1. The average molecular weight is 181 g/mol. The van der Waals surface area contributed by atoms with E-state index in [2.05, 4.69) is 5.32 Å². The predicted octanol–water partition coefficient (Wildman–Crippen LogP) is 0.000300. The van der Waals surface area contributed by atoms with Crippen LogP contribution in [0, 0.1) is 0 Å². The first-order chi connectivity index (χ1) is 6.22. The molecule has 72 valence electrons. The fourth-order valence-corrected chi connectivity index (χ4v) is 0.920. The van der Waals surface area contributed by atoms with Crippen LogP contribution in [0.4, 0.5) is 11.4 Å². The molecule has 4 heteroatoms. The van der Waals surface area contributed by atoms with Crippen molar-refractivity contribution in [1.29, 1.82) is 0 Å². The van der Waals surface area contributed by atoms with Crippen molar-refractivity contribution in [3.8, 4) is 0 Å². The van der Waals surface area contributed by atoms with E-state index in [0.29, 0.717) is 6.54 Å². The third-order valence-corrected chi connectivity index (χ3v) is 1.72. The number of hydrogen-bond donors (Lipinski definition) is 4. The molecule has 0 aliphatic carbocycles. The fraction of sp³-hybridized carbons (Fsp3) is 0.333. The molecule has 0 heterocycles. The molecule has 0 aliphatic heterocycles. The van der Waals surface area contributed by atoms with Crippen molar-refractivity contribution in [2.24, 2.45) is 5.73 Å². The molecule has 0 saturated heterocycles. The van der Waals surface area contributed by atoms with Crippen LogP contribution in [0.1, 0.15) is 0 Å². The first-order valence-corrected chi connectivity index (χ1v) is 4.20. The molecule has 1 atom stereocenters. The Hall–Kier alpha value is -1.26. The van der Waals surface area contributed by atoms with Gasteiger partial charge in [-0.05, 0) is 24.3 Å². The van der Waals surface area contributed by atoms with E-state index in [1.807, 2.05) is 12.1 Å². The van der Waals surface area contributed by atoms with Gasteiger partial charge in [-0.1, -0.05) is 0 Å². The summed E-state index contributed by atoms with van der Waals surface area (Å²) in [7, 11) is 0. The molecule has 4 nitrogen and oxygen atoms in total. The molecule has 1 aromatic rings. The lowest BCUT2D eigenvalue weighted by atomic mass is 10.2. The van der Waals surface area contributed by atoms with Gasteiger partial charge in [-0.25, -0.2) is 0 Å². The van der Waals surface area contributed by atoms with E-state index in [1.165, 1.54) is 0 Å². The van der Waals surface area contributed by atoms with Crippen LogP contribution in [0.5, 0.6) is 0 Å². The average Bonchev–Trinajstić information content (AvgIpc) is 2.16. The van der Waals surface area contributed by atoms with Crippen LogP contribution in [0.2, 0.25) is 0 Å². The van der Waals surface area contributed by atoms with Crippen LogP contribution >= 0.6 is 0 Å². The molecule has 13 heavy (non-hydrogen) atoms. The second-order valence-electron chi connectivity index (χ2n) is 2.89. The summed E-state index contributed by atoms with van der Waals surface area (Å²) in [6, 6.07) is 7.32. The molecular weight excluding hydrogens is 166 g/mol. The SMILES string of the molecule is NCC(O)CNc1ccc(N)cc1. The van der Waals surface area contributed by atoms with Crippen molar-refractivity contribution in [2.45, 2.75) is 6.10 Å². The number of nitrogens with two attached hydrogens (primary N) is 2. The van der Waals surface area contributed by atoms with Crippen molar-refractivity contribution in [3.63, 3.8) is 0 Å². The highest BCUT2D eigenvalue weighted by Gasteiger charge is 1.99. The topological polar surface area (TPSA) is 84.3 Å². The summed E-state index contributed by atoms with van der Waals surface area (Å²) in [6.45, 7) is 0.725. The Morgan fingerprint density at radius 2 is 1.92 bits per heavy atom. The number of nitrogen functional groups attached to an aromatic ring is 1. The lowest BCUT2D eigenvalue weighted by molar-refractivity contribution is 0.196. The summed E-state index contributed by atoms with van der Waals surface area (Å²) < 4.78 is 0. The van der Waals surface area contributed by atoms with Crippen LogP contribution in [-0.4, -0.2) is 24.3 Å². The predicted molar refractivity (Wildman–Crippen MR) is 54.4 cm³/mol. The summed E-state index contributed by atoms with van der Waals surface area (Å²) in [4.78, 5) is 0. The van der Waals surface area contributed by atoms with Crippen LogP contribution in [-0.2, 0) is 0 Å². The highest BCUT2D eigenvalue weighted by molar-refractivity contribution is 5.51. The maximum Gasteiger partial charge on any atom is 0.0834 e. The van der Waals surface area contributed by atoms with Gasteiger partial charge in [0.15, 0.2) is 0 Å². The lowest BCUT2D eigenvalue weighted by Gasteiger charge is -2.10. The normalized spacial score (nSPS) is 12.5. The van der Waals surface area contributed by atoms with E-state index in [0.717, 1.165) is 11.4 Å². The fourth-order valence-electron chi connectivity index (χ4n) is 0.920. The summed E-state index contributed by atoms with van der Waals surface area (Å²) in [5.74, 6) is 0. The summed E-state index contributed by atoms with van der Waals surface area (Å²) >= 11 is 0. The number of aliphatic hydroxyl groups is 1. The number of aliphatic hydroxyl groups excluding tert-OH is 1. The van der Waals surface area contributed by atoms with Crippen LogP contribution in [0.25, 0.3) is 0 Å². The van der Waals surface area contributed by atoms with Gasteiger partial charge in [0.05, 0.1) is 6.10 Å². The van der Waals surface area contributed by atoms with Crippen LogP contribution < -0.4 is 16.8 Å². The standard InChI is InChI=1S/C9H15N3O/c10-5-9(13)6-12-8-3-1-7(11)2-4-8/h1-4,9,12-13H,5-6,10-11H2. The highest BCUT2D eigenvalue weighted by Crippen LogP contribution is 2.09. The molecule has 0 fully saturated rings. The van der Waals surface area contributed by atoms with Crippen LogP contribution in [0.15, 0.2) is 24.3 Å². The van der Waals surface area contributed by atoms with Gasteiger partial charge in [-0.15, -0.1) is 0 Å². The Labute approximate surface area is 77.6 Å². The van der Waals surface area contributed by atoms with Gasteiger partial charge in [0.2, 0.25) is 0 Å². The number of hydrogen-bond acceptors (Lipinski definition) is 4. The smallest absolute Gasteiger partial charge is 0.0834 e. The third kappa shape index (κ3) is 3.31. The van der Waals surface area contributed by atoms with E-state index in [-0.39, 0.29) is 6.54 Å². The summed E-state index contributed by atoms with van der Waals surface area (Å²) in [5.41, 5.74) is 12.4. The first kappa shape index (κ1) is 9.83. The molecule has 0 aromatic heterocycles. The van der Waals surface area contributed by atoms with Crippen molar-refractivity contribution in [3.05, 3.63) is 24.3 Å². The van der Waals surface area contributed by atoms with E-state index < -0.39 is 6.10 Å². The van der Waals surface area contributed by atoms with E-state index in [1.54, 1.807) is 12.1 Å². The molecule has 0 bridgehead atoms. The van der Waals surface area contributed by atoms with Gasteiger partial charge in [0, 0.05) is 24.5 Å². The molecule has 0 amide bonds. The molecule has 6 N–H and O–H groups in total. The molecule has 1 unspecified atom stereocenters. The molecule has 0 aliphatic rings. The second kappa shape index (κ2) is 4.69. The molecular formula is C9H15N3O. The van der Waals surface area contributed by atoms with Gasteiger partial charge in [0.25, 0.3) is 0 Å². The Balaban J connectivity index is 2.41. The van der Waals surface area contributed by atoms with E-state index in [4.69, 9.17) is 16.6 Å². The third-order valence-electron chi connectivity index (χ3n) is 1.72. The molecule has 1 rings (SSSR count). The van der Waals surface area contributed by atoms with E-state index >= 15 is 0 Å². The van der Waals surface area contributed by atoms with Crippen LogP contribution in [0.3, 0.4) is 0 Å². The van der Waals surface area contributed by atoms with E-state index in [9.17, 15) is 0 Å². The minimum Gasteiger partial charge on any atom is -0.399 e. The van der Waals surface area contributed by atoms with Crippen molar-refractivity contribution in [2.75, 3.05) is 24.1 Å². The van der Waals surface area contributed by atoms with Crippen molar-refractivity contribution >= 4 is 11.4 Å². The second-order valence-corrected chi connectivity index (χ2v) is 2.89. The zero-order valence-corrected chi connectivity index (χ0v) is 7.40.